The van der Waals surface area contributed by atoms with E-state index in [0.29, 0.717) is 0 Å². The molecule has 124 valence electrons. The van der Waals surface area contributed by atoms with Gasteiger partial charge in [-0.1, -0.05) is 66.7 Å². The lowest BCUT2D eigenvalue weighted by Crippen LogP contribution is -2.60. The Labute approximate surface area is 145 Å². The van der Waals surface area contributed by atoms with Gasteiger partial charge in [0, 0.05) is 12.3 Å². The minimum absolute atomic E-state index is 0.194. The van der Waals surface area contributed by atoms with Crippen molar-refractivity contribution in [2.45, 2.75) is 19.1 Å². The quantitative estimate of drug-likeness (QED) is 0.541. The number of benzene rings is 3. The molecule has 0 N–H and O–H groups in total. The topological polar surface area (TPSA) is 46.6 Å². The van der Waals surface area contributed by atoms with Crippen LogP contribution in [-0.4, -0.2) is 18.0 Å². The fourth-order valence-electron chi connectivity index (χ4n) is 3.42. The zero-order valence-corrected chi connectivity index (χ0v) is 13.8. The molecular formula is C21H17NO3. The molecule has 0 aromatic heterocycles. The number of hydrogen-bond acceptors (Lipinski definition) is 3. The summed E-state index contributed by atoms with van der Waals surface area (Å²) in [4.78, 5) is 25.9. The molecule has 4 nitrogen and oxygen atoms in total. The summed E-state index contributed by atoms with van der Waals surface area (Å²) in [5.74, 6) is -0.641. The average molecular weight is 331 g/mol. The van der Waals surface area contributed by atoms with E-state index in [9.17, 15) is 9.59 Å². The molecule has 0 aliphatic carbocycles. The molecule has 0 spiro atoms. The Morgan fingerprint density at radius 2 is 1.60 bits per heavy atom. The molecule has 2 atom stereocenters. The molecule has 3 aromatic rings. The molecule has 1 heterocycles. The normalized spacial score (nSPS) is 19.6. The predicted octanol–water partition coefficient (Wildman–Crippen LogP) is 3.86. The van der Waals surface area contributed by atoms with Gasteiger partial charge in [-0.05, 0) is 17.0 Å². The molecule has 0 radical (unpaired) electrons. The number of β-lactam (4-membered cyclic amide) rings is 1. The first-order chi connectivity index (χ1) is 12.2. The molecule has 0 saturated carbocycles. The summed E-state index contributed by atoms with van der Waals surface area (Å²) in [7, 11) is 0. The van der Waals surface area contributed by atoms with Crippen molar-refractivity contribution in [3.63, 3.8) is 0 Å². The molecule has 0 bridgehead atoms. The zero-order valence-electron chi connectivity index (χ0n) is 13.8. The van der Waals surface area contributed by atoms with Crippen molar-refractivity contribution in [2.24, 2.45) is 0 Å². The summed E-state index contributed by atoms with van der Waals surface area (Å²) in [6, 6.07) is 23.2. The van der Waals surface area contributed by atoms with Gasteiger partial charge in [-0.15, -0.1) is 0 Å². The van der Waals surface area contributed by atoms with Gasteiger partial charge in [0.25, 0.3) is 5.91 Å². The minimum atomic E-state index is -0.779. The van der Waals surface area contributed by atoms with Crippen molar-refractivity contribution < 1.29 is 14.3 Å². The van der Waals surface area contributed by atoms with Crippen molar-refractivity contribution >= 4 is 28.3 Å². The highest BCUT2D eigenvalue weighted by atomic mass is 16.6. The van der Waals surface area contributed by atoms with E-state index in [1.165, 1.54) is 6.92 Å². The third-order valence-electron chi connectivity index (χ3n) is 4.51. The lowest BCUT2D eigenvalue weighted by molar-refractivity contribution is -0.160. The number of anilines is 1. The van der Waals surface area contributed by atoms with Crippen LogP contribution in [-0.2, 0) is 14.3 Å². The van der Waals surface area contributed by atoms with E-state index in [1.807, 2.05) is 72.8 Å². The first-order valence-electron chi connectivity index (χ1n) is 8.20. The maximum Gasteiger partial charge on any atom is 0.303 e. The maximum absolute atomic E-state index is 12.8. The molecule has 1 fully saturated rings. The Morgan fingerprint density at radius 1 is 0.920 bits per heavy atom. The van der Waals surface area contributed by atoms with Crippen LogP contribution in [0.15, 0.2) is 72.8 Å². The van der Waals surface area contributed by atoms with Crippen LogP contribution in [0.5, 0.6) is 0 Å². The van der Waals surface area contributed by atoms with Crippen LogP contribution in [0.1, 0.15) is 18.5 Å². The fourth-order valence-corrected chi connectivity index (χ4v) is 3.42. The van der Waals surface area contributed by atoms with Crippen LogP contribution in [0.4, 0.5) is 5.69 Å². The minimum Gasteiger partial charge on any atom is -0.450 e. The number of fused-ring (bicyclic) bond motifs is 1. The molecule has 1 unspecified atom stereocenters. The Balaban J connectivity index is 1.82. The standard InChI is InChI=1S/C21H17NO3/c1-14(23)25-20-19(16-9-3-2-4-10-16)22(21(20)24)18-13-7-11-15-8-5-6-12-17(15)18/h2-13,19-20H,1H3/t19-,20?/m1/s1. The highest BCUT2D eigenvalue weighted by molar-refractivity contribution is 6.11. The van der Waals surface area contributed by atoms with Crippen LogP contribution < -0.4 is 4.90 Å². The first-order valence-corrected chi connectivity index (χ1v) is 8.20. The first kappa shape index (κ1) is 15.4. The molecule has 25 heavy (non-hydrogen) atoms. The summed E-state index contributed by atoms with van der Waals surface area (Å²) >= 11 is 0. The number of hydrogen-bond donors (Lipinski definition) is 0. The molecule has 1 saturated heterocycles. The van der Waals surface area contributed by atoms with Gasteiger partial charge in [-0.25, -0.2) is 0 Å². The molecule has 4 rings (SSSR count). The van der Waals surface area contributed by atoms with Crippen LogP contribution >= 0.6 is 0 Å². The smallest absolute Gasteiger partial charge is 0.303 e. The molecule has 1 aliphatic rings. The number of nitrogens with zero attached hydrogens (tertiary/aromatic N) is 1. The van der Waals surface area contributed by atoms with Gasteiger partial charge in [0.2, 0.25) is 6.10 Å². The van der Waals surface area contributed by atoms with E-state index in [4.69, 9.17) is 4.74 Å². The van der Waals surface area contributed by atoms with E-state index in [-0.39, 0.29) is 11.9 Å². The second-order valence-electron chi connectivity index (χ2n) is 6.09. The summed E-state index contributed by atoms with van der Waals surface area (Å²) in [6.07, 6.45) is -0.779. The monoisotopic (exact) mass is 331 g/mol. The Bertz CT molecular complexity index is 946. The lowest BCUT2D eigenvalue weighted by Gasteiger charge is -2.46. The largest absolute Gasteiger partial charge is 0.450 e. The maximum atomic E-state index is 12.8. The van der Waals surface area contributed by atoms with Crippen LogP contribution in [0.3, 0.4) is 0 Å². The Kier molecular flexibility index (Phi) is 3.73. The van der Waals surface area contributed by atoms with Gasteiger partial charge in [0.15, 0.2) is 0 Å². The summed E-state index contributed by atoms with van der Waals surface area (Å²) in [5.41, 5.74) is 1.78. The van der Waals surface area contributed by atoms with Crippen molar-refractivity contribution in [3.8, 4) is 0 Å². The Hall–Kier alpha value is -3.14. The van der Waals surface area contributed by atoms with Crippen molar-refractivity contribution in [1.29, 1.82) is 0 Å². The number of ether oxygens (including phenoxy) is 1. The Morgan fingerprint density at radius 3 is 2.36 bits per heavy atom. The van der Waals surface area contributed by atoms with Crippen LogP contribution in [0.25, 0.3) is 10.8 Å². The number of esters is 1. The van der Waals surface area contributed by atoms with Gasteiger partial charge < -0.3 is 4.74 Å². The fraction of sp³-hybridized carbons (Fsp3) is 0.143. The SMILES string of the molecule is CC(=O)OC1C(=O)N(c2cccc3ccccc23)[C@@H]1c1ccccc1. The number of amides is 1. The van der Waals surface area contributed by atoms with Crippen LogP contribution in [0, 0.1) is 0 Å². The third-order valence-corrected chi connectivity index (χ3v) is 4.51. The van der Waals surface area contributed by atoms with Crippen molar-refractivity contribution in [1.82, 2.24) is 0 Å². The number of carbonyl (C=O) groups excluding carboxylic acids is 2. The van der Waals surface area contributed by atoms with Gasteiger partial charge in [-0.2, -0.15) is 0 Å². The zero-order chi connectivity index (χ0) is 17.4. The van der Waals surface area contributed by atoms with Gasteiger partial charge in [0.1, 0.15) is 6.04 Å². The molecule has 4 heteroatoms. The van der Waals surface area contributed by atoms with E-state index < -0.39 is 12.1 Å². The summed E-state index contributed by atoms with van der Waals surface area (Å²) in [5, 5.41) is 2.07. The highest BCUT2D eigenvalue weighted by Gasteiger charge is 2.51. The average Bonchev–Trinajstić information content (AvgIpc) is 2.64. The lowest BCUT2D eigenvalue weighted by atomic mass is 9.89. The van der Waals surface area contributed by atoms with E-state index >= 15 is 0 Å². The van der Waals surface area contributed by atoms with E-state index in [2.05, 4.69) is 0 Å². The van der Waals surface area contributed by atoms with E-state index in [1.54, 1.807) is 4.90 Å². The van der Waals surface area contributed by atoms with Gasteiger partial charge in [0.05, 0.1) is 5.69 Å². The predicted molar refractivity (Wildman–Crippen MR) is 96.2 cm³/mol. The molecule has 1 amide bonds. The molecule has 3 aromatic carbocycles. The third kappa shape index (κ3) is 2.56. The second kappa shape index (κ2) is 6.06. The van der Waals surface area contributed by atoms with Crippen molar-refractivity contribution in [2.75, 3.05) is 4.90 Å². The summed E-state index contributed by atoms with van der Waals surface area (Å²) in [6.45, 7) is 1.33. The van der Waals surface area contributed by atoms with Gasteiger partial charge in [-0.3, -0.25) is 14.5 Å². The number of carbonyl (C=O) groups is 2. The molecule has 1 aliphatic heterocycles. The highest BCUT2D eigenvalue weighted by Crippen LogP contribution is 2.43. The second-order valence-corrected chi connectivity index (χ2v) is 6.09. The van der Waals surface area contributed by atoms with Gasteiger partial charge >= 0.3 is 5.97 Å². The van der Waals surface area contributed by atoms with Crippen LogP contribution in [0.2, 0.25) is 0 Å². The van der Waals surface area contributed by atoms with E-state index in [0.717, 1.165) is 22.0 Å². The van der Waals surface area contributed by atoms with Crippen molar-refractivity contribution in [3.05, 3.63) is 78.4 Å². The number of rotatable bonds is 3. The molecular weight excluding hydrogens is 314 g/mol. The summed E-state index contributed by atoms with van der Waals surface area (Å²) < 4.78 is 5.30.